The SMILES string of the molecule is Cc1cccc(C(=O)OCC2CCOC2)c1N. The molecule has 0 aliphatic carbocycles. The van der Waals surface area contributed by atoms with Crippen LogP contribution in [0.15, 0.2) is 18.2 Å². The lowest BCUT2D eigenvalue weighted by atomic mass is 10.1. The van der Waals surface area contributed by atoms with Gasteiger partial charge >= 0.3 is 5.97 Å². The van der Waals surface area contributed by atoms with E-state index in [2.05, 4.69) is 0 Å². The van der Waals surface area contributed by atoms with Gasteiger partial charge in [0.2, 0.25) is 0 Å². The van der Waals surface area contributed by atoms with Crippen LogP contribution in [0.2, 0.25) is 0 Å². The van der Waals surface area contributed by atoms with E-state index in [1.165, 1.54) is 0 Å². The first-order valence-electron chi connectivity index (χ1n) is 5.78. The zero-order chi connectivity index (χ0) is 12.3. The van der Waals surface area contributed by atoms with Crippen LogP contribution in [0.1, 0.15) is 22.3 Å². The number of nitrogens with two attached hydrogens (primary N) is 1. The number of carbonyl (C=O) groups excluding carboxylic acids is 1. The van der Waals surface area contributed by atoms with Gasteiger partial charge in [0.25, 0.3) is 0 Å². The number of esters is 1. The number of rotatable bonds is 3. The molecule has 2 N–H and O–H groups in total. The molecule has 1 heterocycles. The number of aryl methyl sites for hydroxylation is 1. The third-order valence-corrected chi connectivity index (χ3v) is 3.02. The van der Waals surface area contributed by atoms with Crippen molar-refractivity contribution in [3.63, 3.8) is 0 Å². The lowest BCUT2D eigenvalue weighted by Crippen LogP contribution is -2.15. The highest BCUT2D eigenvalue weighted by molar-refractivity contribution is 5.95. The molecule has 0 saturated carbocycles. The number of anilines is 1. The summed E-state index contributed by atoms with van der Waals surface area (Å²) in [6.07, 6.45) is 0.955. The molecule has 1 aliphatic rings. The van der Waals surface area contributed by atoms with Crippen molar-refractivity contribution in [2.24, 2.45) is 5.92 Å². The molecule has 4 nitrogen and oxygen atoms in total. The van der Waals surface area contributed by atoms with Crippen molar-refractivity contribution in [3.8, 4) is 0 Å². The summed E-state index contributed by atoms with van der Waals surface area (Å²) in [6.45, 7) is 3.72. The maximum Gasteiger partial charge on any atom is 0.340 e. The fraction of sp³-hybridized carbons (Fsp3) is 0.462. The van der Waals surface area contributed by atoms with E-state index in [0.29, 0.717) is 30.4 Å². The van der Waals surface area contributed by atoms with Crippen molar-refractivity contribution in [1.82, 2.24) is 0 Å². The summed E-state index contributed by atoms with van der Waals surface area (Å²) < 4.78 is 10.5. The molecule has 0 bridgehead atoms. The van der Waals surface area contributed by atoms with Crippen LogP contribution in [-0.2, 0) is 9.47 Å². The van der Waals surface area contributed by atoms with Crippen LogP contribution in [0.3, 0.4) is 0 Å². The molecule has 1 aromatic carbocycles. The number of para-hydroxylation sites is 1. The van der Waals surface area contributed by atoms with Crippen LogP contribution in [0.25, 0.3) is 0 Å². The molecule has 1 fully saturated rings. The van der Waals surface area contributed by atoms with Crippen molar-refractivity contribution >= 4 is 11.7 Å². The molecule has 2 rings (SSSR count). The summed E-state index contributed by atoms with van der Waals surface area (Å²) in [5, 5.41) is 0. The number of carbonyl (C=O) groups is 1. The highest BCUT2D eigenvalue weighted by Gasteiger charge is 2.19. The van der Waals surface area contributed by atoms with Gasteiger partial charge in [0.05, 0.1) is 18.8 Å². The Kier molecular flexibility index (Phi) is 3.64. The van der Waals surface area contributed by atoms with Gasteiger partial charge < -0.3 is 15.2 Å². The number of ether oxygens (including phenoxy) is 2. The van der Waals surface area contributed by atoms with Gasteiger partial charge in [-0.1, -0.05) is 12.1 Å². The Balaban J connectivity index is 1.97. The Morgan fingerprint density at radius 1 is 1.59 bits per heavy atom. The third-order valence-electron chi connectivity index (χ3n) is 3.02. The van der Waals surface area contributed by atoms with E-state index in [1.54, 1.807) is 12.1 Å². The van der Waals surface area contributed by atoms with Gasteiger partial charge in [-0.15, -0.1) is 0 Å². The molecule has 17 heavy (non-hydrogen) atoms. The molecule has 0 amide bonds. The highest BCUT2D eigenvalue weighted by Crippen LogP contribution is 2.19. The van der Waals surface area contributed by atoms with E-state index in [4.69, 9.17) is 15.2 Å². The second kappa shape index (κ2) is 5.19. The monoisotopic (exact) mass is 235 g/mol. The molecule has 4 heteroatoms. The molecular formula is C13H17NO3. The number of nitrogen functional groups attached to an aromatic ring is 1. The van der Waals surface area contributed by atoms with Gasteiger partial charge in [0, 0.05) is 18.2 Å². The molecule has 1 aliphatic heterocycles. The standard InChI is InChI=1S/C13H17NO3/c1-9-3-2-4-11(12(9)14)13(15)17-8-10-5-6-16-7-10/h2-4,10H,5-8,14H2,1H3. The van der Waals surface area contributed by atoms with Gasteiger partial charge in [0.1, 0.15) is 0 Å². The smallest absolute Gasteiger partial charge is 0.340 e. The minimum atomic E-state index is -0.349. The average molecular weight is 235 g/mol. The third kappa shape index (κ3) is 2.77. The molecule has 1 saturated heterocycles. The summed E-state index contributed by atoms with van der Waals surface area (Å²) in [4.78, 5) is 11.8. The first-order valence-corrected chi connectivity index (χ1v) is 5.78. The molecule has 0 spiro atoms. The van der Waals surface area contributed by atoms with Crippen LogP contribution in [0, 0.1) is 12.8 Å². The van der Waals surface area contributed by atoms with Crippen LogP contribution in [0.4, 0.5) is 5.69 Å². The molecule has 0 radical (unpaired) electrons. The second-order valence-corrected chi connectivity index (χ2v) is 4.36. The molecule has 1 aromatic rings. The molecule has 0 aromatic heterocycles. The van der Waals surface area contributed by atoms with Gasteiger partial charge in [-0.2, -0.15) is 0 Å². The predicted octanol–water partition coefficient (Wildman–Crippen LogP) is 1.77. The van der Waals surface area contributed by atoms with Crippen LogP contribution in [0.5, 0.6) is 0 Å². The van der Waals surface area contributed by atoms with Gasteiger partial charge in [-0.25, -0.2) is 4.79 Å². The van der Waals surface area contributed by atoms with Crippen LogP contribution >= 0.6 is 0 Å². The topological polar surface area (TPSA) is 61.5 Å². The lowest BCUT2D eigenvalue weighted by molar-refractivity contribution is 0.0429. The summed E-state index contributed by atoms with van der Waals surface area (Å²) in [6, 6.07) is 5.37. The normalized spacial score (nSPS) is 19.2. The second-order valence-electron chi connectivity index (χ2n) is 4.36. The quantitative estimate of drug-likeness (QED) is 0.640. The number of hydrogen-bond acceptors (Lipinski definition) is 4. The summed E-state index contributed by atoms with van der Waals surface area (Å²) in [5.74, 6) is -0.0249. The molecular weight excluding hydrogens is 218 g/mol. The Bertz CT molecular complexity index is 411. The van der Waals surface area contributed by atoms with Crippen LogP contribution < -0.4 is 5.73 Å². The van der Waals surface area contributed by atoms with E-state index >= 15 is 0 Å². The lowest BCUT2D eigenvalue weighted by Gasteiger charge is -2.11. The zero-order valence-electron chi connectivity index (χ0n) is 9.94. The Labute approximate surface area is 101 Å². The van der Waals surface area contributed by atoms with E-state index in [0.717, 1.165) is 18.6 Å². The van der Waals surface area contributed by atoms with E-state index in [-0.39, 0.29) is 5.97 Å². The first kappa shape index (κ1) is 11.9. The van der Waals surface area contributed by atoms with E-state index < -0.39 is 0 Å². The van der Waals surface area contributed by atoms with Crippen molar-refractivity contribution in [2.45, 2.75) is 13.3 Å². The average Bonchev–Trinajstić information content (AvgIpc) is 2.82. The Morgan fingerprint density at radius 3 is 3.12 bits per heavy atom. The summed E-state index contributed by atoms with van der Waals surface area (Å²) in [7, 11) is 0. The van der Waals surface area contributed by atoms with Gasteiger partial charge in [-0.05, 0) is 25.0 Å². The van der Waals surface area contributed by atoms with Gasteiger partial charge in [-0.3, -0.25) is 0 Å². The predicted molar refractivity (Wildman–Crippen MR) is 64.8 cm³/mol. The maximum atomic E-state index is 11.8. The first-order chi connectivity index (χ1) is 8.18. The number of benzene rings is 1. The van der Waals surface area contributed by atoms with Crippen molar-refractivity contribution in [3.05, 3.63) is 29.3 Å². The molecule has 1 atom stereocenters. The molecule has 92 valence electrons. The van der Waals surface area contributed by atoms with E-state index in [1.807, 2.05) is 13.0 Å². The van der Waals surface area contributed by atoms with Crippen molar-refractivity contribution in [2.75, 3.05) is 25.6 Å². The van der Waals surface area contributed by atoms with Gasteiger partial charge in [0.15, 0.2) is 0 Å². The summed E-state index contributed by atoms with van der Waals surface area (Å²) in [5.41, 5.74) is 7.68. The Morgan fingerprint density at radius 2 is 2.41 bits per heavy atom. The fourth-order valence-corrected chi connectivity index (χ4v) is 1.84. The van der Waals surface area contributed by atoms with Crippen LogP contribution in [-0.4, -0.2) is 25.8 Å². The number of hydrogen-bond donors (Lipinski definition) is 1. The summed E-state index contributed by atoms with van der Waals surface area (Å²) >= 11 is 0. The minimum Gasteiger partial charge on any atom is -0.462 e. The van der Waals surface area contributed by atoms with Crippen molar-refractivity contribution in [1.29, 1.82) is 0 Å². The maximum absolute atomic E-state index is 11.8. The van der Waals surface area contributed by atoms with E-state index in [9.17, 15) is 4.79 Å². The van der Waals surface area contributed by atoms with Crippen molar-refractivity contribution < 1.29 is 14.3 Å². The molecule has 1 unspecified atom stereocenters. The zero-order valence-corrected chi connectivity index (χ0v) is 9.94. The minimum absolute atomic E-state index is 0.324. The highest BCUT2D eigenvalue weighted by atomic mass is 16.5. The Hall–Kier alpha value is -1.55. The largest absolute Gasteiger partial charge is 0.462 e. The fourth-order valence-electron chi connectivity index (χ4n) is 1.84.